The van der Waals surface area contributed by atoms with E-state index < -0.39 is 0 Å². The van der Waals surface area contributed by atoms with Gasteiger partial charge in [0.1, 0.15) is 11.4 Å². The Morgan fingerprint density at radius 2 is 2.07 bits per heavy atom. The van der Waals surface area contributed by atoms with Gasteiger partial charge >= 0.3 is 0 Å². The Morgan fingerprint density at radius 3 is 2.80 bits per heavy atom. The maximum Gasteiger partial charge on any atom is 0.144 e. The molecule has 3 heteroatoms. The van der Waals surface area contributed by atoms with Crippen molar-refractivity contribution in [3.05, 3.63) is 46.7 Å². The Labute approximate surface area is 92.9 Å². The summed E-state index contributed by atoms with van der Waals surface area (Å²) in [7, 11) is 1.65. The van der Waals surface area contributed by atoms with Gasteiger partial charge in [0.05, 0.1) is 7.11 Å². The SMILES string of the molecule is COc1ccccc1N=Cc1cccs1. The van der Waals surface area contributed by atoms with Crippen LogP contribution in [-0.2, 0) is 0 Å². The second kappa shape index (κ2) is 4.75. The first-order valence-electron chi connectivity index (χ1n) is 4.61. The zero-order valence-corrected chi connectivity index (χ0v) is 9.20. The van der Waals surface area contributed by atoms with Gasteiger partial charge in [-0.3, -0.25) is 4.99 Å². The molecule has 1 aromatic heterocycles. The van der Waals surface area contributed by atoms with Gasteiger partial charge in [0.25, 0.3) is 0 Å². The van der Waals surface area contributed by atoms with Crippen molar-refractivity contribution in [1.29, 1.82) is 0 Å². The minimum Gasteiger partial charge on any atom is -0.494 e. The lowest BCUT2D eigenvalue weighted by Crippen LogP contribution is -1.82. The van der Waals surface area contributed by atoms with Crippen molar-refractivity contribution < 1.29 is 4.74 Å². The topological polar surface area (TPSA) is 21.6 Å². The fraction of sp³-hybridized carbons (Fsp3) is 0.0833. The third kappa shape index (κ3) is 2.44. The van der Waals surface area contributed by atoms with Crippen LogP contribution < -0.4 is 4.74 Å². The van der Waals surface area contributed by atoms with Crippen LogP contribution in [0.15, 0.2) is 46.8 Å². The molecule has 0 radical (unpaired) electrons. The maximum absolute atomic E-state index is 5.20. The number of para-hydroxylation sites is 2. The van der Waals surface area contributed by atoms with Gasteiger partial charge < -0.3 is 4.74 Å². The third-order valence-corrected chi connectivity index (χ3v) is 2.77. The van der Waals surface area contributed by atoms with Crippen molar-refractivity contribution >= 4 is 23.2 Å². The highest BCUT2D eigenvalue weighted by molar-refractivity contribution is 7.11. The summed E-state index contributed by atoms with van der Waals surface area (Å²) in [6.07, 6.45) is 1.85. The smallest absolute Gasteiger partial charge is 0.144 e. The molecule has 0 atom stereocenters. The van der Waals surface area contributed by atoms with E-state index >= 15 is 0 Å². The molecule has 1 heterocycles. The number of benzene rings is 1. The molecule has 0 aliphatic rings. The molecule has 1 aromatic carbocycles. The molecular weight excluding hydrogens is 206 g/mol. The molecule has 0 aliphatic carbocycles. The monoisotopic (exact) mass is 217 g/mol. The highest BCUT2D eigenvalue weighted by Crippen LogP contribution is 2.26. The summed E-state index contributed by atoms with van der Waals surface area (Å²) in [6.45, 7) is 0. The number of rotatable bonds is 3. The minimum absolute atomic E-state index is 0.797. The second-order valence-corrected chi connectivity index (χ2v) is 3.92. The molecule has 15 heavy (non-hydrogen) atoms. The van der Waals surface area contributed by atoms with Gasteiger partial charge in [0, 0.05) is 11.1 Å². The molecule has 2 rings (SSSR count). The summed E-state index contributed by atoms with van der Waals surface area (Å²) < 4.78 is 5.20. The van der Waals surface area contributed by atoms with Crippen LogP contribution >= 0.6 is 11.3 Å². The molecule has 0 amide bonds. The maximum atomic E-state index is 5.20. The summed E-state index contributed by atoms with van der Waals surface area (Å²) in [5, 5.41) is 2.03. The van der Waals surface area contributed by atoms with Gasteiger partial charge in [-0.2, -0.15) is 0 Å². The molecule has 0 saturated carbocycles. The first-order chi connectivity index (χ1) is 7.40. The van der Waals surface area contributed by atoms with Crippen LogP contribution in [0.1, 0.15) is 4.88 Å². The molecule has 0 fully saturated rings. The molecule has 0 unspecified atom stereocenters. The Kier molecular flexibility index (Phi) is 3.15. The lowest BCUT2D eigenvalue weighted by molar-refractivity contribution is 0.416. The van der Waals surface area contributed by atoms with E-state index in [0.29, 0.717) is 0 Å². The van der Waals surface area contributed by atoms with Gasteiger partial charge in [-0.25, -0.2) is 0 Å². The first kappa shape index (κ1) is 9.93. The van der Waals surface area contributed by atoms with Gasteiger partial charge in [0.2, 0.25) is 0 Å². The Hall–Kier alpha value is -1.61. The summed E-state index contributed by atoms with van der Waals surface area (Å²) in [6, 6.07) is 11.8. The quantitative estimate of drug-likeness (QED) is 0.721. The van der Waals surface area contributed by atoms with E-state index in [0.717, 1.165) is 16.3 Å². The largest absolute Gasteiger partial charge is 0.494 e. The van der Waals surface area contributed by atoms with Crippen molar-refractivity contribution in [2.75, 3.05) is 7.11 Å². The fourth-order valence-electron chi connectivity index (χ4n) is 1.23. The van der Waals surface area contributed by atoms with Crippen LogP contribution in [0.5, 0.6) is 5.75 Å². The number of methoxy groups -OCH3 is 1. The van der Waals surface area contributed by atoms with Crippen molar-refractivity contribution in [2.24, 2.45) is 4.99 Å². The van der Waals surface area contributed by atoms with Gasteiger partial charge in [-0.15, -0.1) is 11.3 Å². The number of thiophene rings is 1. The molecule has 0 spiro atoms. The van der Waals surface area contributed by atoms with Crippen LogP contribution in [0, 0.1) is 0 Å². The fourth-order valence-corrected chi connectivity index (χ4v) is 1.82. The van der Waals surface area contributed by atoms with E-state index in [1.54, 1.807) is 18.4 Å². The predicted octanol–water partition coefficient (Wildman–Crippen LogP) is 3.51. The van der Waals surface area contributed by atoms with Crippen molar-refractivity contribution in [3.8, 4) is 5.75 Å². The van der Waals surface area contributed by atoms with Crippen LogP contribution in [0.4, 0.5) is 5.69 Å². The average Bonchev–Trinajstić information content (AvgIpc) is 2.79. The molecule has 76 valence electrons. The number of nitrogens with zero attached hydrogens (tertiary/aromatic N) is 1. The van der Waals surface area contributed by atoms with Gasteiger partial charge in [-0.1, -0.05) is 18.2 Å². The van der Waals surface area contributed by atoms with E-state index in [9.17, 15) is 0 Å². The van der Waals surface area contributed by atoms with Crippen LogP contribution in [0.3, 0.4) is 0 Å². The van der Waals surface area contributed by atoms with Gasteiger partial charge in [-0.05, 0) is 23.6 Å². The third-order valence-electron chi connectivity index (χ3n) is 1.96. The first-order valence-corrected chi connectivity index (χ1v) is 5.49. The van der Waals surface area contributed by atoms with Crippen molar-refractivity contribution in [1.82, 2.24) is 0 Å². The lowest BCUT2D eigenvalue weighted by atomic mass is 10.3. The molecule has 0 N–H and O–H groups in total. The Morgan fingerprint density at radius 1 is 1.20 bits per heavy atom. The van der Waals surface area contributed by atoms with Crippen molar-refractivity contribution in [2.45, 2.75) is 0 Å². The molecular formula is C12H11NOS. The highest BCUT2D eigenvalue weighted by Gasteiger charge is 1.97. The normalized spacial score (nSPS) is 10.7. The molecule has 2 aromatic rings. The number of hydrogen-bond acceptors (Lipinski definition) is 3. The highest BCUT2D eigenvalue weighted by atomic mass is 32.1. The van der Waals surface area contributed by atoms with Crippen LogP contribution in [0.25, 0.3) is 0 Å². The zero-order valence-electron chi connectivity index (χ0n) is 8.38. The lowest BCUT2D eigenvalue weighted by Gasteiger charge is -2.01. The van der Waals surface area contributed by atoms with E-state index in [-0.39, 0.29) is 0 Å². The number of ether oxygens (including phenoxy) is 1. The van der Waals surface area contributed by atoms with Crippen molar-refractivity contribution in [3.63, 3.8) is 0 Å². The van der Waals surface area contributed by atoms with E-state index in [1.807, 2.05) is 48.0 Å². The second-order valence-electron chi connectivity index (χ2n) is 2.95. The van der Waals surface area contributed by atoms with E-state index in [4.69, 9.17) is 4.74 Å². The number of aliphatic imine (C=N–C) groups is 1. The Balaban J connectivity index is 2.24. The summed E-state index contributed by atoms with van der Waals surface area (Å²) in [4.78, 5) is 5.52. The zero-order chi connectivity index (χ0) is 10.5. The van der Waals surface area contributed by atoms with E-state index in [2.05, 4.69) is 4.99 Å². The summed E-state index contributed by atoms with van der Waals surface area (Å²) >= 11 is 1.67. The van der Waals surface area contributed by atoms with Crippen LogP contribution in [0.2, 0.25) is 0 Å². The molecule has 2 nitrogen and oxygen atoms in total. The van der Waals surface area contributed by atoms with E-state index in [1.165, 1.54) is 0 Å². The predicted molar refractivity (Wildman–Crippen MR) is 64.6 cm³/mol. The standard InChI is InChI=1S/C12H11NOS/c1-14-12-7-3-2-6-11(12)13-9-10-5-4-8-15-10/h2-9H,1H3. The molecule has 0 bridgehead atoms. The molecule has 0 saturated heterocycles. The number of hydrogen-bond donors (Lipinski definition) is 0. The molecule has 0 aliphatic heterocycles. The van der Waals surface area contributed by atoms with Crippen LogP contribution in [-0.4, -0.2) is 13.3 Å². The summed E-state index contributed by atoms with van der Waals surface area (Å²) in [5.74, 6) is 0.797. The minimum atomic E-state index is 0.797. The Bertz CT molecular complexity index is 448. The summed E-state index contributed by atoms with van der Waals surface area (Å²) in [5.41, 5.74) is 0.855. The average molecular weight is 217 g/mol. The van der Waals surface area contributed by atoms with Gasteiger partial charge in [0.15, 0.2) is 0 Å².